The van der Waals surface area contributed by atoms with Gasteiger partial charge in [-0.2, -0.15) is 0 Å². The Morgan fingerprint density at radius 2 is 1.68 bits per heavy atom. The van der Waals surface area contributed by atoms with Gasteiger partial charge in [0.25, 0.3) is 11.7 Å². The first-order chi connectivity index (χ1) is 19.9. The molecule has 0 radical (unpaired) electrons. The zero-order valence-electron chi connectivity index (χ0n) is 23.0. The summed E-state index contributed by atoms with van der Waals surface area (Å²) in [4.78, 5) is 32.4. The maximum Gasteiger partial charge on any atom is 0.295 e. The number of aliphatic hydroxyl groups excluding tert-OH is 1. The van der Waals surface area contributed by atoms with Gasteiger partial charge >= 0.3 is 0 Å². The molecule has 1 aliphatic rings. The molecule has 3 aromatic carbocycles. The number of carbonyl (C=O) groups excluding carboxylic acids is 2. The molecule has 1 saturated heterocycles. The quantitative estimate of drug-likeness (QED) is 0.164. The highest BCUT2D eigenvalue weighted by Crippen LogP contribution is 2.42. The summed E-state index contributed by atoms with van der Waals surface area (Å²) in [5, 5.41) is 11.5. The number of likely N-dealkylation sites (tertiary alicyclic amines) is 1. The van der Waals surface area contributed by atoms with Gasteiger partial charge in [0.15, 0.2) is 11.5 Å². The van der Waals surface area contributed by atoms with Crippen molar-refractivity contribution >= 4 is 17.4 Å². The molecule has 8 heteroatoms. The molecule has 0 saturated carbocycles. The Hall–Kier alpha value is -5.11. The number of hydrogen-bond acceptors (Lipinski definition) is 7. The number of aromatic nitrogens is 1. The van der Waals surface area contributed by atoms with Gasteiger partial charge < -0.3 is 24.2 Å². The van der Waals surface area contributed by atoms with E-state index in [1.807, 2.05) is 37.3 Å². The van der Waals surface area contributed by atoms with Crippen molar-refractivity contribution in [1.82, 2.24) is 9.88 Å². The molecule has 2 heterocycles. The number of aliphatic hydroxyl groups is 1. The van der Waals surface area contributed by atoms with E-state index in [-0.39, 0.29) is 17.9 Å². The molecule has 0 unspecified atom stereocenters. The van der Waals surface area contributed by atoms with E-state index < -0.39 is 17.7 Å². The third kappa shape index (κ3) is 5.63. The molecule has 1 aromatic heterocycles. The van der Waals surface area contributed by atoms with Crippen LogP contribution in [0.15, 0.2) is 96.8 Å². The Labute approximate surface area is 238 Å². The van der Waals surface area contributed by atoms with Crippen LogP contribution < -0.4 is 14.2 Å². The first-order valence-electron chi connectivity index (χ1n) is 13.1. The SMILES string of the molecule is COc1ccc([C@H]2C(=C(O)c3ccc(OCc4ccccc4C)cc3)C(=O)C(=O)N2Cc2cccnc2)cc1OC. The summed E-state index contributed by atoms with van der Waals surface area (Å²) in [7, 11) is 3.04. The third-order valence-corrected chi connectivity index (χ3v) is 7.12. The summed E-state index contributed by atoms with van der Waals surface area (Å²) in [5.74, 6) is -0.214. The number of pyridine rings is 1. The lowest BCUT2D eigenvalue weighted by molar-refractivity contribution is -0.140. The van der Waals surface area contributed by atoms with Crippen molar-refractivity contribution in [3.63, 3.8) is 0 Å². The van der Waals surface area contributed by atoms with Gasteiger partial charge in [0.1, 0.15) is 18.1 Å². The van der Waals surface area contributed by atoms with E-state index in [1.54, 1.807) is 60.9 Å². The van der Waals surface area contributed by atoms with Gasteiger partial charge in [0, 0.05) is 24.5 Å². The number of Topliss-reactive ketones (excluding diaryl/α,β-unsaturated/α-hetero) is 1. The monoisotopic (exact) mass is 550 g/mol. The lowest BCUT2D eigenvalue weighted by atomic mass is 9.94. The van der Waals surface area contributed by atoms with Gasteiger partial charge in [-0.1, -0.05) is 36.4 Å². The van der Waals surface area contributed by atoms with E-state index in [0.717, 1.165) is 16.7 Å². The maximum atomic E-state index is 13.4. The third-order valence-electron chi connectivity index (χ3n) is 7.12. The van der Waals surface area contributed by atoms with Crippen LogP contribution in [-0.2, 0) is 22.7 Å². The molecule has 0 bridgehead atoms. The maximum absolute atomic E-state index is 13.4. The van der Waals surface area contributed by atoms with Crippen LogP contribution in [0.1, 0.15) is 33.9 Å². The summed E-state index contributed by atoms with van der Waals surface area (Å²) in [5.41, 5.74) is 3.91. The van der Waals surface area contributed by atoms with Crippen LogP contribution in [0, 0.1) is 6.92 Å². The summed E-state index contributed by atoms with van der Waals surface area (Å²) in [6.45, 7) is 2.55. The van der Waals surface area contributed by atoms with Crippen LogP contribution >= 0.6 is 0 Å². The Bertz CT molecular complexity index is 1600. The average Bonchev–Trinajstić information content (AvgIpc) is 3.25. The second-order valence-electron chi connectivity index (χ2n) is 9.64. The smallest absolute Gasteiger partial charge is 0.295 e. The van der Waals surface area contributed by atoms with E-state index in [1.165, 1.54) is 19.1 Å². The molecular weight excluding hydrogens is 520 g/mol. The van der Waals surface area contributed by atoms with Crippen LogP contribution in [0.5, 0.6) is 17.2 Å². The van der Waals surface area contributed by atoms with Gasteiger partial charge in [-0.05, 0) is 71.6 Å². The standard InChI is InChI=1S/C33H30N2O6/c1-21-7-4-5-9-25(21)20-41-26-13-10-23(11-14-26)31(36)29-30(24-12-15-27(39-2)28(17-24)40-3)35(33(38)32(29)37)19-22-8-6-16-34-18-22/h4-18,30,36H,19-20H2,1-3H3/t30-/m0/s1. The number of amides is 1. The van der Waals surface area contributed by atoms with Crippen molar-refractivity contribution in [2.24, 2.45) is 0 Å². The molecule has 0 aliphatic carbocycles. The molecule has 0 spiro atoms. The van der Waals surface area contributed by atoms with Crippen LogP contribution in [0.4, 0.5) is 0 Å². The fraction of sp³-hybridized carbons (Fsp3) is 0.182. The number of nitrogens with zero attached hydrogens (tertiary/aromatic N) is 2. The Kier molecular flexibility index (Phi) is 8.01. The fourth-order valence-electron chi connectivity index (χ4n) is 4.90. The lowest BCUT2D eigenvalue weighted by Crippen LogP contribution is -2.29. The topological polar surface area (TPSA) is 98.2 Å². The molecule has 41 heavy (non-hydrogen) atoms. The van der Waals surface area contributed by atoms with Crippen LogP contribution in [-0.4, -0.2) is 40.9 Å². The minimum Gasteiger partial charge on any atom is -0.507 e. The molecule has 5 rings (SSSR count). The highest BCUT2D eigenvalue weighted by molar-refractivity contribution is 6.46. The van der Waals surface area contributed by atoms with Gasteiger partial charge in [-0.25, -0.2) is 0 Å². The van der Waals surface area contributed by atoms with Crippen LogP contribution in [0.3, 0.4) is 0 Å². The molecule has 1 fully saturated rings. The van der Waals surface area contributed by atoms with Crippen molar-refractivity contribution in [3.05, 3.63) is 125 Å². The average molecular weight is 551 g/mol. The van der Waals surface area contributed by atoms with E-state index in [2.05, 4.69) is 4.98 Å². The first kappa shape index (κ1) is 27.5. The normalized spacial score (nSPS) is 16.1. The molecule has 1 N–H and O–H groups in total. The summed E-state index contributed by atoms with van der Waals surface area (Å²) in [6.07, 6.45) is 3.28. The van der Waals surface area contributed by atoms with Gasteiger partial charge in [0.05, 0.1) is 25.8 Å². The number of methoxy groups -OCH3 is 2. The number of benzene rings is 3. The Balaban J connectivity index is 1.51. The van der Waals surface area contributed by atoms with E-state index in [9.17, 15) is 14.7 Å². The number of carbonyl (C=O) groups is 2. The Morgan fingerprint density at radius 1 is 0.927 bits per heavy atom. The van der Waals surface area contributed by atoms with Gasteiger partial charge in [-0.3, -0.25) is 14.6 Å². The minimum absolute atomic E-state index is 0.0142. The second kappa shape index (κ2) is 12.0. The highest BCUT2D eigenvalue weighted by Gasteiger charge is 2.46. The lowest BCUT2D eigenvalue weighted by Gasteiger charge is -2.26. The number of hydrogen-bond donors (Lipinski definition) is 1. The molecular formula is C33H30N2O6. The summed E-state index contributed by atoms with van der Waals surface area (Å²) >= 11 is 0. The second-order valence-corrected chi connectivity index (χ2v) is 9.64. The minimum atomic E-state index is -0.869. The van der Waals surface area contributed by atoms with Crippen molar-refractivity contribution in [3.8, 4) is 17.2 Å². The molecule has 1 amide bonds. The van der Waals surface area contributed by atoms with Crippen molar-refractivity contribution in [1.29, 1.82) is 0 Å². The van der Waals surface area contributed by atoms with Crippen molar-refractivity contribution in [2.75, 3.05) is 14.2 Å². The van der Waals surface area contributed by atoms with Crippen molar-refractivity contribution < 1.29 is 28.9 Å². The molecule has 208 valence electrons. The molecule has 4 aromatic rings. The molecule has 1 atom stereocenters. The first-order valence-corrected chi connectivity index (χ1v) is 13.1. The zero-order chi connectivity index (χ0) is 28.9. The summed E-state index contributed by atoms with van der Waals surface area (Å²) < 4.78 is 16.8. The van der Waals surface area contributed by atoms with Crippen molar-refractivity contribution in [2.45, 2.75) is 26.1 Å². The Morgan fingerprint density at radius 3 is 2.37 bits per heavy atom. The summed E-state index contributed by atoms with van der Waals surface area (Å²) in [6, 6.07) is 22.7. The highest BCUT2D eigenvalue weighted by atomic mass is 16.5. The number of ether oxygens (including phenoxy) is 3. The largest absolute Gasteiger partial charge is 0.507 e. The number of ketones is 1. The molecule has 8 nitrogen and oxygen atoms in total. The van der Waals surface area contributed by atoms with E-state index in [4.69, 9.17) is 14.2 Å². The predicted octanol–water partition coefficient (Wildman–Crippen LogP) is 5.61. The zero-order valence-corrected chi connectivity index (χ0v) is 23.0. The fourth-order valence-corrected chi connectivity index (χ4v) is 4.90. The number of rotatable bonds is 9. The van der Waals surface area contributed by atoms with Gasteiger partial charge in [0.2, 0.25) is 0 Å². The van der Waals surface area contributed by atoms with Gasteiger partial charge in [-0.15, -0.1) is 0 Å². The van der Waals surface area contributed by atoms with E-state index in [0.29, 0.717) is 35.0 Å². The number of aryl methyl sites for hydroxylation is 1. The van der Waals surface area contributed by atoms with Crippen LogP contribution in [0.25, 0.3) is 5.76 Å². The van der Waals surface area contributed by atoms with Crippen LogP contribution in [0.2, 0.25) is 0 Å². The van der Waals surface area contributed by atoms with E-state index >= 15 is 0 Å². The molecule has 1 aliphatic heterocycles. The predicted molar refractivity (Wildman–Crippen MR) is 154 cm³/mol.